The van der Waals surface area contributed by atoms with Gasteiger partial charge in [-0.15, -0.1) is 5.10 Å². The van der Waals surface area contributed by atoms with Crippen LogP contribution in [-0.4, -0.2) is 32.4 Å². The smallest absolute Gasteiger partial charge is 0.341 e. The third-order valence-electron chi connectivity index (χ3n) is 3.22. The predicted octanol–water partition coefficient (Wildman–Crippen LogP) is 3.58. The van der Waals surface area contributed by atoms with Crippen LogP contribution in [0.3, 0.4) is 0 Å². The highest BCUT2D eigenvalue weighted by Crippen LogP contribution is 2.28. The van der Waals surface area contributed by atoms with Crippen LogP contribution in [0.2, 0.25) is 0 Å². The van der Waals surface area contributed by atoms with E-state index >= 15 is 0 Å². The Balaban J connectivity index is 2.16. The molecule has 0 saturated carbocycles. The molecule has 3 rings (SSSR count). The average Bonchev–Trinajstić information content (AvgIpc) is 2.96. The summed E-state index contributed by atoms with van der Waals surface area (Å²) in [5.41, 5.74) is -0.240. The highest BCUT2D eigenvalue weighted by molar-refractivity contribution is 9.10. The van der Waals surface area contributed by atoms with Gasteiger partial charge in [-0.05, 0) is 30.3 Å². The first-order valence-electron chi connectivity index (χ1n) is 7.07. The van der Waals surface area contributed by atoms with Crippen molar-refractivity contribution >= 4 is 21.9 Å². The number of nitrogens with zero attached hydrogens (tertiary/aromatic N) is 3. The van der Waals surface area contributed by atoms with Crippen LogP contribution in [0.15, 0.2) is 40.9 Å². The summed E-state index contributed by atoms with van der Waals surface area (Å²) < 4.78 is 47.9. The second-order valence-corrected chi connectivity index (χ2v) is 5.95. The first-order valence-corrected chi connectivity index (χ1v) is 7.87. The predicted molar refractivity (Wildman–Crippen MR) is 87.5 cm³/mol. The molecule has 6 nitrogen and oxygen atoms in total. The summed E-state index contributed by atoms with van der Waals surface area (Å²) in [6.07, 6.45) is 0. The molecule has 3 aromatic rings. The maximum atomic E-state index is 14.3. The van der Waals surface area contributed by atoms with E-state index in [0.29, 0.717) is 10.5 Å². The molecule has 0 saturated heterocycles. The van der Waals surface area contributed by atoms with Gasteiger partial charge in [-0.3, -0.25) is 0 Å². The molecular weight excluding hydrogens is 419 g/mol. The van der Waals surface area contributed by atoms with Gasteiger partial charge in [-0.1, -0.05) is 15.9 Å². The van der Waals surface area contributed by atoms with E-state index in [1.807, 2.05) is 0 Å². The molecule has 0 fully saturated rings. The number of hydrogen-bond acceptors (Lipinski definition) is 4. The number of carboxylic acid groups (broad SMARTS) is 1. The SMILES string of the molecule is O=C(O)COc1nc(-c2ccc(Br)cc2F)n(-c2ccc(F)cc2F)n1. The first kappa shape index (κ1) is 17.9. The lowest BCUT2D eigenvalue weighted by molar-refractivity contribution is -0.139. The third-order valence-corrected chi connectivity index (χ3v) is 3.72. The average molecular weight is 428 g/mol. The number of aliphatic carboxylic acids is 1. The second-order valence-electron chi connectivity index (χ2n) is 5.03. The Morgan fingerprint density at radius 2 is 1.92 bits per heavy atom. The van der Waals surface area contributed by atoms with Crippen molar-refractivity contribution in [3.8, 4) is 23.1 Å². The highest BCUT2D eigenvalue weighted by Gasteiger charge is 2.20. The van der Waals surface area contributed by atoms with Crippen LogP contribution >= 0.6 is 15.9 Å². The Hall–Kier alpha value is -2.88. The van der Waals surface area contributed by atoms with Crippen LogP contribution in [0.1, 0.15) is 0 Å². The van der Waals surface area contributed by atoms with Gasteiger partial charge in [0, 0.05) is 10.5 Å². The van der Waals surface area contributed by atoms with Crippen molar-refractivity contribution in [3.05, 3.63) is 58.3 Å². The standard InChI is InChI=1S/C16H9BrF3N3O3/c17-8-1-3-10(11(19)5-8)15-21-16(26-7-14(24)25)22-23(15)13-4-2-9(18)6-12(13)20/h1-6H,7H2,(H,24,25). The molecule has 1 aromatic heterocycles. The van der Waals surface area contributed by atoms with Crippen molar-refractivity contribution in [1.82, 2.24) is 14.8 Å². The van der Waals surface area contributed by atoms with Crippen LogP contribution in [0.4, 0.5) is 13.2 Å². The largest absolute Gasteiger partial charge is 0.479 e. The molecule has 2 aromatic carbocycles. The molecule has 1 heterocycles. The highest BCUT2D eigenvalue weighted by atomic mass is 79.9. The van der Waals surface area contributed by atoms with Gasteiger partial charge in [0.2, 0.25) is 0 Å². The van der Waals surface area contributed by atoms with Crippen molar-refractivity contribution < 1.29 is 27.8 Å². The lowest BCUT2D eigenvalue weighted by atomic mass is 10.2. The zero-order chi connectivity index (χ0) is 18.8. The van der Waals surface area contributed by atoms with E-state index in [2.05, 4.69) is 26.0 Å². The fourth-order valence-electron chi connectivity index (χ4n) is 2.15. The van der Waals surface area contributed by atoms with Gasteiger partial charge >= 0.3 is 12.0 Å². The number of ether oxygens (including phenoxy) is 1. The number of benzene rings is 2. The van der Waals surface area contributed by atoms with Crippen molar-refractivity contribution in [1.29, 1.82) is 0 Å². The van der Waals surface area contributed by atoms with Gasteiger partial charge in [0.1, 0.15) is 17.3 Å². The van der Waals surface area contributed by atoms with Gasteiger partial charge in [-0.2, -0.15) is 4.98 Å². The summed E-state index contributed by atoms with van der Waals surface area (Å²) in [7, 11) is 0. The van der Waals surface area contributed by atoms with Crippen molar-refractivity contribution in [2.24, 2.45) is 0 Å². The lowest BCUT2D eigenvalue weighted by Gasteiger charge is -2.08. The molecule has 0 radical (unpaired) electrons. The van der Waals surface area contributed by atoms with Crippen molar-refractivity contribution in [3.63, 3.8) is 0 Å². The molecule has 0 spiro atoms. The Kier molecular flexibility index (Phi) is 4.94. The Bertz CT molecular complexity index is 925. The van der Waals surface area contributed by atoms with Gasteiger partial charge in [0.05, 0.1) is 5.56 Å². The number of carbonyl (C=O) groups is 1. The van der Waals surface area contributed by atoms with E-state index in [1.165, 1.54) is 18.2 Å². The van der Waals surface area contributed by atoms with Gasteiger partial charge < -0.3 is 9.84 Å². The number of carboxylic acids is 1. The van der Waals surface area contributed by atoms with Crippen LogP contribution in [0, 0.1) is 17.5 Å². The fourth-order valence-corrected chi connectivity index (χ4v) is 2.48. The van der Waals surface area contributed by atoms with E-state index in [4.69, 9.17) is 9.84 Å². The summed E-state index contributed by atoms with van der Waals surface area (Å²) in [6, 6.07) is 6.43. The van der Waals surface area contributed by atoms with Gasteiger partial charge in [0.15, 0.2) is 18.2 Å². The van der Waals surface area contributed by atoms with Gasteiger partial charge in [-0.25, -0.2) is 22.6 Å². The number of halogens is 4. The van der Waals surface area contributed by atoms with Crippen LogP contribution in [0.5, 0.6) is 6.01 Å². The monoisotopic (exact) mass is 427 g/mol. The molecule has 0 aliphatic carbocycles. The molecular formula is C16H9BrF3N3O3. The molecule has 0 atom stereocenters. The summed E-state index contributed by atoms with van der Waals surface area (Å²) in [4.78, 5) is 14.6. The summed E-state index contributed by atoms with van der Waals surface area (Å²) >= 11 is 3.12. The summed E-state index contributed by atoms with van der Waals surface area (Å²) in [5, 5.41) is 12.5. The quantitative estimate of drug-likeness (QED) is 0.673. The summed E-state index contributed by atoms with van der Waals surface area (Å²) in [6.45, 7) is -0.738. The van der Waals surface area contributed by atoms with E-state index in [-0.39, 0.29) is 17.1 Å². The second kappa shape index (κ2) is 7.16. The number of hydrogen-bond donors (Lipinski definition) is 1. The van der Waals surface area contributed by atoms with Crippen molar-refractivity contribution in [2.45, 2.75) is 0 Å². The molecule has 0 aliphatic heterocycles. The van der Waals surface area contributed by atoms with Gasteiger partial charge in [0.25, 0.3) is 0 Å². The maximum Gasteiger partial charge on any atom is 0.341 e. The molecule has 10 heteroatoms. The van der Waals surface area contributed by atoms with Crippen molar-refractivity contribution in [2.75, 3.05) is 6.61 Å². The normalized spacial score (nSPS) is 10.8. The number of aromatic nitrogens is 3. The molecule has 0 aliphatic rings. The zero-order valence-electron chi connectivity index (χ0n) is 12.8. The minimum Gasteiger partial charge on any atom is -0.479 e. The Morgan fingerprint density at radius 1 is 1.15 bits per heavy atom. The van der Waals surface area contributed by atoms with E-state index in [1.54, 1.807) is 0 Å². The zero-order valence-corrected chi connectivity index (χ0v) is 14.4. The molecule has 0 unspecified atom stereocenters. The van der Waals surface area contributed by atoms with E-state index in [0.717, 1.165) is 16.8 Å². The third kappa shape index (κ3) is 3.69. The minimum atomic E-state index is -1.27. The molecule has 0 bridgehead atoms. The molecule has 0 amide bonds. The Labute approximate surface area is 153 Å². The topological polar surface area (TPSA) is 77.2 Å². The maximum absolute atomic E-state index is 14.3. The molecule has 1 N–H and O–H groups in total. The minimum absolute atomic E-state index is 0.0328. The lowest BCUT2D eigenvalue weighted by Crippen LogP contribution is -2.10. The van der Waals surface area contributed by atoms with E-state index < -0.39 is 36.0 Å². The fraction of sp³-hybridized carbons (Fsp3) is 0.0625. The number of rotatable bonds is 5. The molecule has 134 valence electrons. The van der Waals surface area contributed by atoms with E-state index in [9.17, 15) is 18.0 Å². The van der Waals surface area contributed by atoms with Crippen LogP contribution in [0.25, 0.3) is 17.1 Å². The Morgan fingerprint density at radius 3 is 2.58 bits per heavy atom. The molecule has 26 heavy (non-hydrogen) atoms. The van der Waals surface area contributed by atoms with Crippen LogP contribution in [-0.2, 0) is 4.79 Å². The van der Waals surface area contributed by atoms with Crippen LogP contribution < -0.4 is 4.74 Å². The summed E-state index contributed by atoms with van der Waals surface area (Å²) in [5.74, 6) is -3.85. The first-order chi connectivity index (χ1) is 12.3.